The molecule has 1 rings (SSSR count). The van der Waals surface area contributed by atoms with Crippen LogP contribution >= 0.6 is 0 Å². The van der Waals surface area contributed by atoms with Gasteiger partial charge < -0.3 is 11.1 Å². The number of nitrogen functional groups attached to an aromatic ring is 1. The van der Waals surface area contributed by atoms with Gasteiger partial charge in [0.2, 0.25) is 0 Å². The lowest BCUT2D eigenvalue weighted by Crippen LogP contribution is -2.40. The monoisotopic (exact) mass is 290 g/mol. The molecule has 0 aliphatic rings. The van der Waals surface area contributed by atoms with E-state index in [1.54, 1.807) is 0 Å². The Morgan fingerprint density at radius 3 is 2.37 bits per heavy atom. The molecule has 0 amide bonds. The molecule has 0 radical (unpaired) electrons. The molecule has 1 aromatic heterocycles. The van der Waals surface area contributed by atoms with Gasteiger partial charge in [-0.1, -0.05) is 0 Å². The number of hydrogen-bond donors (Lipinski definition) is 3. The molecular weight excluding hydrogens is 272 g/mol. The van der Waals surface area contributed by atoms with E-state index >= 15 is 0 Å². The van der Waals surface area contributed by atoms with Crippen LogP contribution in [0, 0.1) is 0 Å². The highest BCUT2D eigenvalue weighted by atomic mass is 32.2. The highest BCUT2D eigenvalue weighted by Crippen LogP contribution is 2.17. The van der Waals surface area contributed by atoms with Crippen LogP contribution < -0.4 is 22.3 Å². The molecule has 1 aromatic rings. The summed E-state index contributed by atoms with van der Waals surface area (Å²) in [6.07, 6.45) is 1.11. The molecule has 0 saturated carbocycles. The largest absolute Gasteiger partial charge is 0.383 e. The van der Waals surface area contributed by atoms with E-state index in [1.165, 1.54) is 20.9 Å². The van der Waals surface area contributed by atoms with E-state index in [-0.39, 0.29) is 18.1 Å². The molecule has 0 spiro atoms. The molecule has 0 atom stereocenters. The Balaban J connectivity index is 3.14. The van der Waals surface area contributed by atoms with Crippen LogP contribution in [0.2, 0.25) is 0 Å². The molecule has 0 fully saturated rings. The second-order valence-corrected chi connectivity index (χ2v) is 7.61. The lowest BCUT2D eigenvalue weighted by atomic mass is 10.2. The summed E-state index contributed by atoms with van der Waals surface area (Å²) in [6, 6.07) is 0. The Kier molecular flexibility index (Phi) is 3.80. The van der Waals surface area contributed by atoms with Gasteiger partial charge in [-0.15, -0.1) is 0 Å². The van der Waals surface area contributed by atoms with Crippen molar-refractivity contribution in [2.75, 3.05) is 23.9 Å². The highest BCUT2D eigenvalue weighted by Gasteiger charge is 2.30. The van der Waals surface area contributed by atoms with E-state index in [0.29, 0.717) is 0 Å². The van der Waals surface area contributed by atoms with Crippen LogP contribution in [0.1, 0.15) is 13.8 Å². The number of anilines is 2. The minimum absolute atomic E-state index is 0.00266. The second kappa shape index (κ2) is 4.72. The third kappa shape index (κ3) is 2.98. The van der Waals surface area contributed by atoms with Crippen molar-refractivity contribution in [1.82, 2.24) is 9.55 Å². The fourth-order valence-corrected chi connectivity index (χ4v) is 1.57. The number of nitrogens with one attached hydrogen (secondary N) is 2. The zero-order valence-corrected chi connectivity index (χ0v) is 12.1. The summed E-state index contributed by atoms with van der Waals surface area (Å²) in [7, 11) is -1.90. The van der Waals surface area contributed by atoms with Gasteiger partial charge in [0, 0.05) is 19.8 Å². The fourth-order valence-electron chi connectivity index (χ4n) is 1.24. The summed E-state index contributed by atoms with van der Waals surface area (Å²) in [4.78, 5) is 25.0. The molecule has 0 aromatic carbocycles. The van der Waals surface area contributed by atoms with Gasteiger partial charge in [0.1, 0.15) is 11.5 Å². The molecule has 0 bridgehead atoms. The molecule has 1 heterocycles. The van der Waals surface area contributed by atoms with Gasteiger partial charge in [0.25, 0.3) is 5.56 Å². The average molecular weight is 290 g/mol. The smallest absolute Gasteiger partial charge is 0.329 e. The van der Waals surface area contributed by atoms with Gasteiger partial charge in [-0.05, 0) is 13.8 Å². The second-order valence-electron chi connectivity index (χ2n) is 4.96. The predicted octanol–water partition coefficient (Wildman–Crippen LogP) is -1.11. The number of aromatic nitrogens is 2. The molecule has 9 heteroatoms. The van der Waals surface area contributed by atoms with Gasteiger partial charge >= 0.3 is 5.69 Å². The quantitative estimate of drug-likeness (QED) is 0.645. The first kappa shape index (κ1) is 15.3. The van der Waals surface area contributed by atoms with Crippen LogP contribution in [0.3, 0.4) is 0 Å². The van der Waals surface area contributed by atoms with Crippen LogP contribution in [0.5, 0.6) is 0 Å². The Bertz CT molecular complexity index is 699. The third-order valence-electron chi connectivity index (χ3n) is 3.06. The predicted molar refractivity (Wildman–Crippen MR) is 74.1 cm³/mol. The lowest BCUT2D eigenvalue weighted by Gasteiger charge is -2.23. The van der Waals surface area contributed by atoms with E-state index in [0.717, 1.165) is 10.8 Å². The normalized spacial score (nSPS) is 12.4. The van der Waals surface area contributed by atoms with Crippen molar-refractivity contribution in [2.24, 2.45) is 7.05 Å². The maximum absolute atomic E-state index is 11.6. The number of nitrogens with two attached hydrogens (primary N) is 1. The molecule has 108 valence electrons. The van der Waals surface area contributed by atoms with Crippen molar-refractivity contribution in [3.63, 3.8) is 0 Å². The summed E-state index contributed by atoms with van der Waals surface area (Å²) >= 11 is 0. The van der Waals surface area contributed by atoms with Gasteiger partial charge in [0.05, 0.1) is 4.75 Å². The molecule has 0 aliphatic carbocycles. The number of rotatable bonds is 4. The van der Waals surface area contributed by atoms with E-state index in [4.69, 9.17) is 5.73 Å². The number of aromatic amines is 1. The molecule has 0 unspecified atom stereocenters. The minimum atomic E-state index is -3.30. The van der Waals surface area contributed by atoms with E-state index in [9.17, 15) is 18.0 Å². The van der Waals surface area contributed by atoms with Gasteiger partial charge in [-0.2, -0.15) is 0 Å². The van der Waals surface area contributed by atoms with Crippen molar-refractivity contribution >= 4 is 21.3 Å². The van der Waals surface area contributed by atoms with E-state index in [2.05, 4.69) is 10.3 Å². The first-order valence-electron chi connectivity index (χ1n) is 5.49. The molecule has 19 heavy (non-hydrogen) atoms. The van der Waals surface area contributed by atoms with E-state index < -0.39 is 25.8 Å². The standard InChI is InChI=1S/C10H18N4O4S/c1-10(2,19(4,17)18)5-12-6-7(11)14(3)9(16)13-8(6)15/h12H,5,11H2,1-4H3,(H,13,15,16). The lowest BCUT2D eigenvalue weighted by molar-refractivity contribution is 0.559. The topological polar surface area (TPSA) is 127 Å². The van der Waals surface area contributed by atoms with Gasteiger partial charge in [-0.25, -0.2) is 13.2 Å². The van der Waals surface area contributed by atoms with E-state index in [1.807, 2.05) is 0 Å². The summed E-state index contributed by atoms with van der Waals surface area (Å²) in [5.74, 6) is -0.0435. The highest BCUT2D eigenvalue weighted by molar-refractivity contribution is 7.92. The van der Waals surface area contributed by atoms with Crippen molar-refractivity contribution in [1.29, 1.82) is 0 Å². The van der Waals surface area contributed by atoms with Crippen LogP contribution in [-0.2, 0) is 16.9 Å². The Labute approximate surface area is 110 Å². The third-order valence-corrected chi connectivity index (χ3v) is 5.22. The summed E-state index contributed by atoms with van der Waals surface area (Å²) in [6.45, 7) is 3.06. The van der Waals surface area contributed by atoms with Gasteiger partial charge in [0.15, 0.2) is 9.84 Å². The molecule has 4 N–H and O–H groups in total. The Morgan fingerprint density at radius 1 is 1.37 bits per heavy atom. The zero-order chi connectivity index (χ0) is 15.0. The van der Waals surface area contributed by atoms with Crippen molar-refractivity contribution in [3.05, 3.63) is 20.8 Å². The maximum atomic E-state index is 11.6. The van der Waals surface area contributed by atoms with Crippen molar-refractivity contribution < 1.29 is 8.42 Å². The maximum Gasteiger partial charge on any atom is 0.329 e. The molecule has 8 nitrogen and oxygen atoms in total. The molecule has 0 saturated heterocycles. The SMILES string of the molecule is Cn1c(N)c(NCC(C)(C)S(C)(=O)=O)c(=O)[nH]c1=O. The van der Waals surface area contributed by atoms with Gasteiger partial charge in [-0.3, -0.25) is 14.3 Å². The van der Waals surface area contributed by atoms with Crippen LogP contribution in [-0.4, -0.2) is 35.5 Å². The zero-order valence-electron chi connectivity index (χ0n) is 11.3. The summed E-state index contributed by atoms with van der Waals surface area (Å²) in [5.41, 5.74) is 4.33. The summed E-state index contributed by atoms with van der Waals surface area (Å²) in [5, 5.41) is 2.69. The van der Waals surface area contributed by atoms with Crippen molar-refractivity contribution in [3.8, 4) is 0 Å². The summed E-state index contributed by atoms with van der Waals surface area (Å²) < 4.78 is 23.1. The van der Waals surface area contributed by atoms with Crippen LogP contribution in [0.25, 0.3) is 0 Å². The minimum Gasteiger partial charge on any atom is -0.383 e. The number of H-pyrrole nitrogens is 1. The number of hydrogen-bond acceptors (Lipinski definition) is 6. The number of nitrogens with zero attached hydrogens (tertiary/aromatic N) is 1. The molecular formula is C10H18N4O4S. The van der Waals surface area contributed by atoms with Crippen LogP contribution in [0.4, 0.5) is 11.5 Å². The van der Waals surface area contributed by atoms with Crippen LogP contribution in [0.15, 0.2) is 9.59 Å². The average Bonchev–Trinajstić information content (AvgIpc) is 2.24. The first-order chi connectivity index (χ1) is 8.47. The Morgan fingerprint density at radius 2 is 1.89 bits per heavy atom. The van der Waals surface area contributed by atoms with Crippen molar-refractivity contribution in [2.45, 2.75) is 18.6 Å². The fraction of sp³-hybridized carbons (Fsp3) is 0.600. The Hall–Kier alpha value is -1.77. The molecule has 0 aliphatic heterocycles. The number of sulfone groups is 1. The first-order valence-corrected chi connectivity index (χ1v) is 7.39.